The Bertz CT molecular complexity index is 646. The van der Waals surface area contributed by atoms with Crippen molar-refractivity contribution >= 4 is 38.5 Å². The number of hydrogen-bond acceptors (Lipinski definition) is 2. The van der Waals surface area contributed by atoms with Gasteiger partial charge in [-0.15, -0.1) is 0 Å². The molecule has 1 atom stereocenters. The molecule has 0 aliphatic rings. The van der Waals surface area contributed by atoms with Crippen molar-refractivity contribution in [2.24, 2.45) is 0 Å². The zero-order valence-electron chi connectivity index (χ0n) is 11.0. The first-order chi connectivity index (χ1) is 9.43. The fourth-order valence-corrected chi connectivity index (χ4v) is 3.08. The lowest BCUT2D eigenvalue weighted by molar-refractivity contribution is 0.213. The molecule has 0 aliphatic carbocycles. The zero-order valence-corrected chi connectivity index (χ0v) is 14.7. The topological polar surface area (TPSA) is 29.5 Å². The summed E-state index contributed by atoms with van der Waals surface area (Å²) in [6.45, 7) is 1.95. The van der Waals surface area contributed by atoms with Gasteiger partial charge in [-0.05, 0) is 64.9 Å². The molecule has 0 saturated carbocycles. The van der Waals surface area contributed by atoms with Crippen LogP contribution in [0.5, 0.6) is 5.75 Å². The van der Waals surface area contributed by atoms with Crippen LogP contribution in [0.15, 0.2) is 34.8 Å². The average Bonchev–Trinajstić information content (AvgIpc) is 2.40. The van der Waals surface area contributed by atoms with Gasteiger partial charge in [0.15, 0.2) is 0 Å². The number of rotatable bonds is 3. The van der Waals surface area contributed by atoms with Gasteiger partial charge < -0.3 is 9.84 Å². The molecule has 0 bridgehead atoms. The number of aliphatic hydroxyl groups is 1. The molecule has 2 rings (SSSR count). The van der Waals surface area contributed by atoms with Crippen LogP contribution in [-0.2, 0) is 0 Å². The third-order valence-corrected chi connectivity index (χ3v) is 4.85. The summed E-state index contributed by atoms with van der Waals surface area (Å²) in [5.74, 6) is 0.292. The molecule has 1 unspecified atom stereocenters. The molecule has 20 heavy (non-hydrogen) atoms. The van der Waals surface area contributed by atoms with Crippen LogP contribution in [0.2, 0.25) is 0 Å². The van der Waals surface area contributed by atoms with E-state index in [0.717, 1.165) is 10.0 Å². The maximum absolute atomic E-state index is 13.2. The minimum Gasteiger partial charge on any atom is -0.496 e. The molecule has 0 fully saturated rings. The molecule has 106 valence electrons. The van der Waals surface area contributed by atoms with E-state index in [2.05, 4.69) is 15.9 Å². The van der Waals surface area contributed by atoms with Gasteiger partial charge in [0.1, 0.15) is 17.7 Å². The lowest BCUT2D eigenvalue weighted by Gasteiger charge is -2.18. The summed E-state index contributed by atoms with van der Waals surface area (Å²) in [4.78, 5) is 0. The van der Waals surface area contributed by atoms with Gasteiger partial charge in [0.05, 0.1) is 7.11 Å². The summed E-state index contributed by atoms with van der Waals surface area (Å²) in [6.07, 6.45) is -0.866. The molecule has 0 amide bonds. The Morgan fingerprint density at radius 1 is 1.25 bits per heavy atom. The Hall–Kier alpha value is -0.660. The lowest BCUT2D eigenvalue weighted by atomic mass is 9.99. The molecule has 0 saturated heterocycles. The molecular formula is C15H13BrFIO2. The normalized spacial score (nSPS) is 12.3. The first kappa shape index (κ1) is 15.7. The Labute approximate surface area is 139 Å². The van der Waals surface area contributed by atoms with E-state index in [4.69, 9.17) is 4.74 Å². The van der Waals surface area contributed by atoms with E-state index >= 15 is 0 Å². The fourth-order valence-electron chi connectivity index (χ4n) is 1.95. The highest BCUT2D eigenvalue weighted by atomic mass is 127. The molecule has 5 heteroatoms. The van der Waals surface area contributed by atoms with Crippen molar-refractivity contribution in [3.8, 4) is 5.75 Å². The van der Waals surface area contributed by atoms with Crippen LogP contribution in [-0.4, -0.2) is 12.2 Å². The molecule has 2 nitrogen and oxygen atoms in total. The van der Waals surface area contributed by atoms with Crippen LogP contribution in [0.4, 0.5) is 4.39 Å². The highest BCUT2D eigenvalue weighted by molar-refractivity contribution is 14.1. The van der Waals surface area contributed by atoms with Gasteiger partial charge in [-0.3, -0.25) is 0 Å². The van der Waals surface area contributed by atoms with E-state index in [9.17, 15) is 9.50 Å². The largest absolute Gasteiger partial charge is 0.496 e. The van der Waals surface area contributed by atoms with Gasteiger partial charge in [-0.1, -0.05) is 22.0 Å². The predicted molar refractivity (Wildman–Crippen MR) is 88.6 cm³/mol. The van der Waals surface area contributed by atoms with Crippen LogP contribution >= 0.6 is 38.5 Å². The maximum atomic E-state index is 13.2. The van der Waals surface area contributed by atoms with Gasteiger partial charge in [0, 0.05) is 13.6 Å². The predicted octanol–water partition coefficient (Wildman–Crippen LogP) is 4.59. The standard InChI is InChI=1S/C15H13BrFIO2/c1-8-5-14(20-2)11(7-12(8)16)15(19)10-4-3-9(17)6-13(10)18/h3-7,15,19H,1-2H3. The van der Waals surface area contributed by atoms with Crippen LogP contribution in [0.25, 0.3) is 0 Å². The molecule has 0 heterocycles. The van der Waals surface area contributed by atoms with Crippen molar-refractivity contribution in [1.82, 2.24) is 0 Å². The van der Waals surface area contributed by atoms with E-state index < -0.39 is 6.10 Å². The molecule has 1 N–H and O–H groups in total. The van der Waals surface area contributed by atoms with Crippen molar-refractivity contribution in [2.45, 2.75) is 13.0 Å². The second-order valence-corrected chi connectivity index (χ2v) is 6.43. The SMILES string of the molecule is COc1cc(C)c(Br)cc1C(O)c1ccc(F)cc1I. The highest BCUT2D eigenvalue weighted by Gasteiger charge is 2.19. The summed E-state index contributed by atoms with van der Waals surface area (Å²) in [7, 11) is 1.56. The molecule has 0 radical (unpaired) electrons. The third-order valence-electron chi connectivity index (χ3n) is 3.06. The van der Waals surface area contributed by atoms with Gasteiger partial charge in [-0.2, -0.15) is 0 Å². The van der Waals surface area contributed by atoms with E-state index in [1.54, 1.807) is 13.2 Å². The molecule has 0 aromatic heterocycles. The smallest absolute Gasteiger partial charge is 0.125 e. The first-order valence-corrected chi connectivity index (χ1v) is 7.78. The molecule has 2 aromatic carbocycles. The summed E-state index contributed by atoms with van der Waals surface area (Å²) >= 11 is 5.47. The second kappa shape index (κ2) is 6.41. The molecule has 0 spiro atoms. The second-order valence-electron chi connectivity index (χ2n) is 4.41. The number of methoxy groups -OCH3 is 1. The minimum atomic E-state index is -0.866. The zero-order chi connectivity index (χ0) is 14.9. The maximum Gasteiger partial charge on any atom is 0.125 e. The number of benzene rings is 2. The average molecular weight is 451 g/mol. The van der Waals surface area contributed by atoms with Crippen molar-refractivity contribution < 1.29 is 14.2 Å². The molecule has 2 aromatic rings. The monoisotopic (exact) mass is 450 g/mol. The lowest BCUT2D eigenvalue weighted by Crippen LogP contribution is -2.05. The summed E-state index contributed by atoms with van der Waals surface area (Å²) < 4.78 is 20.1. The quantitative estimate of drug-likeness (QED) is 0.693. The van der Waals surface area contributed by atoms with Crippen molar-refractivity contribution in [3.63, 3.8) is 0 Å². The fraction of sp³-hybridized carbons (Fsp3) is 0.200. The van der Waals surface area contributed by atoms with E-state index in [0.29, 0.717) is 20.4 Å². The van der Waals surface area contributed by atoms with Gasteiger partial charge in [0.25, 0.3) is 0 Å². The van der Waals surface area contributed by atoms with E-state index in [1.165, 1.54) is 12.1 Å². The van der Waals surface area contributed by atoms with Gasteiger partial charge >= 0.3 is 0 Å². The number of ether oxygens (including phenoxy) is 1. The number of aliphatic hydroxyl groups excluding tert-OH is 1. The molecular weight excluding hydrogens is 438 g/mol. The summed E-state index contributed by atoms with van der Waals surface area (Å²) in [5.41, 5.74) is 2.32. The van der Waals surface area contributed by atoms with Crippen LogP contribution in [0.1, 0.15) is 22.8 Å². The number of aryl methyl sites for hydroxylation is 1. The van der Waals surface area contributed by atoms with E-state index in [1.807, 2.05) is 41.6 Å². The third kappa shape index (κ3) is 3.15. The Morgan fingerprint density at radius 2 is 1.95 bits per heavy atom. The Kier molecular flexibility index (Phi) is 5.04. The summed E-state index contributed by atoms with van der Waals surface area (Å²) in [6, 6.07) is 8.03. The minimum absolute atomic E-state index is 0.317. The Balaban J connectivity index is 2.52. The first-order valence-electron chi connectivity index (χ1n) is 5.91. The van der Waals surface area contributed by atoms with E-state index in [-0.39, 0.29) is 5.82 Å². The van der Waals surface area contributed by atoms with Crippen LogP contribution in [0, 0.1) is 16.3 Å². The summed E-state index contributed by atoms with van der Waals surface area (Å²) in [5, 5.41) is 10.6. The molecule has 0 aliphatic heterocycles. The highest BCUT2D eigenvalue weighted by Crippen LogP contribution is 2.35. The van der Waals surface area contributed by atoms with Crippen molar-refractivity contribution in [3.05, 3.63) is 60.9 Å². The van der Waals surface area contributed by atoms with Crippen molar-refractivity contribution in [1.29, 1.82) is 0 Å². The van der Waals surface area contributed by atoms with Crippen LogP contribution < -0.4 is 4.74 Å². The number of halogens is 3. The van der Waals surface area contributed by atoms with Gasteiger partial charge in [0.2, 0.25) is 0 Å². The van der Waals surface area contributed by atoms with Crippen molar-refractivity contribution in [2.75, 3.05) is 7.11 Å². The Morgan fingerprint density at radius 3 is 2.55 bits per heavy atom. The van der Waals surface area contributed by atoms with Gasteiger partial charge in [-0.25, -0.2) is 4.39 Å². The van der Waals surface area contributed by atoms with Crippen LogP contribution in [0.3, 0.4) is 0 Å². The number of hydrogen-bond donors (Lipinski definition) is 1.